The zero-order valence-electron chi connectivity index (χ0n) is 11.9. The number of carbonyl (C=O) groups is 1. The standard InChI is InChI=1S/C16H18FN3O/c1-10-15(12-6-7-12)19-20-16(10)18-14(21)9-8-11-4-2-3-5-13(11)17/h2-5,12H,6-9H2,1H3,(H2,18,19,20,21). The molecule has 0 saturated heterocycles. The largest absolute Gasteiger partial charge is 0.309 e. The van der Waals surface area contributed by atoms with Gasteiger partial charge >= 0.3 is 0 Å². The molecule has 1 aliphatic carbocycles. The number of halogens is 1. The van der Waals surface area contributed by atoms with Crippen molar-refractivity contribution in [1.29, 1.82) is 0 Å². The van der Waals surface area contributed by atoms with Gasteiger partial charge in [0.15, 0.2) is 5.82 Å². The van der Waals surface area contributed by atoms with Gasteiger partial charge in [0.2, 0.25) is 5.91 Å². The molecular formula is C16H18FN3O. The maximum atomic E-state index is 13.5. The van der Waals surface area contributed by atoms with E-state index in [1.165, 1.54) is 18.9 Å². The predicted molar refractivity (Wildman–Crippen MR) is 78.7 cm³/mol. The zero-order chi connectivity index (χ0) is 14.8. The Balaban J connectivity index is 1.58. The molecule has 5 heteroatoms. The molecule has 1 aromatic heterocycles. The molecule has 0 radical (unpaired) electrons. The molecule has 0 aliphatic heterocycles. The van der Waals surface area contributed by atoms with E-state index in [-0.39, 0.29) is 18.1 Å². The lowest BCUT2D eigenvalue weighted by Gasteiger charge is -2.04. The van der Waals surface area contributed by atoms with E-state index >= 15 is 0 Å². The van der Waals surface area contributed by atoms with Crippen LogP contribution in [-0.2, 0) is 11.2 Å². The SMILES string of the molecule is Cc1c(NC(=O)CCc2ccccc2F)n[nH]c1C1CC1. The number of carbonyl (C=O) groups excluding carboxylic acids is 1. The number of aryl methyl sites for hydroxylation is 1. The van der Waals surface area contributed by atoms with Gasteiger partial charge in [-0.1, -0.05) is 18.2 Å². The summed E-state index contributed by atoms with van der Waals surface area (Å²) in [4.78, 5) is 12.0. The first kappa shape index (κ1) is 13.8. The monoisotopic (exact) mass is 287 g/mol. The van der Waals surface area contributed by atoms with E-state index in [1.54, 1.807) is 18.2 Å². The molecule has 1 saturated carbocycles. The molecule has 2 N–H and O–H groups in total. The van der Waals surface area contributed by atoms with Crippen molar-refractivity contribution < 1.29 is 9.18 Å². The number of amides is 1. The van der Waals surface area contributed by atoms with E-state index in [0.717, 1.165) is 11.3 Å². The molecule has 1 aliphatic rings. The molecule has 0 bridgehead atoms. The molecule has 2 aromatic rings. The van der Waals surface area contributed by atoms with E-state index in [9.17, 15) is 9.18 Å². The number of hydrogen-bond donors (Lipinski definition) is 2. The third-order valence-corrected chi connectivity index (χ3v) is 3.87. The maximum Gasteiger partial charge on any atom is 0.225 e. The van der Waals surface area contributed by atoms with E-state index < -0.39 is 0 Å². The Hall–Kier alpha value is -2.17. The van der Waals surface area contributed by atoms with Gasteiger partial charge in [0.05, 0.1) is 0 Å². The van der Waals surface area contributed by atoms with Crippen molar-refractivity contribution in [2.45, 2.75) is 38.5 Å². The molecule has 0 unspecified atom stereocenters. The normalized spacial score (nSPS) is 14.2. The molecule has 0 spiro atoms. The van der Waals surface area contributed by atoms with Crippen LogP contribution < -0.4 is 5.32 Å². The van der Waals surface area contributed by atoms with Crippen LogP contribution in [0.5, 0.6) is 0 Å². The van der Waals surface area contributed by atoms with Gasteiger partial charge < -0.3 is 5.32 Å². The molecule has 110 valence electrons. The van der Waals surface area contributed by atoms with Crippen LogP contribution in [0.4, 0.5) is 10.2 Å². The molecular weight excluding hydrogens is 269 g/mol. The smallest absolute Gasteiger partial charge is 0.225 e. The summed E-state index contributed by atoms with van der Waals surface area (Å²) in [6, 6.07) is 6.53. The van der Waals surface area contributed by atoms with Crippen molar-refractivity contribution in [3.05, 3.63) is 46.9 Å². The van der Waals surface area contributed by atoms with Crippen LogP contribution in [0.2, 0.25) is 0 Å². The Labute approximate surface area is 122 Å². The van der Waals surface area contributed by atoms with E-state index in [4.69, 9.17) is 0 Å². The van der Waals surface area contributed by atoms with Crippen molar-refractivity contribution in [2.24, 2.45) is 0 Å². The average Bonchev–Trinajstić information content (AvgIpc) is 3.24. The molecule has 1 fully saturated rings. The fraction of sp³-hybridized carbons (Fsp3) is 0.375. The van der Waals surface area contributed by atoms with Gasteiger partial charge in [-0.25, -0.2) is 4.39 Å². The van der Waals surface area contributed by atoms with Crippen molar-refractivity contribution in [2.75, 3.05) is 5.32 Å². The minimum Gasteiger partial charge on any atom is -0.309 e. The Bertz CT molecular complexity index is 661. The number of aromatic amines is 1. The Morgan fingerprint density at radius 2 is 2.19 bits per heavy atom. The number of aromatic nitrogens is 2. The first-order valence-corrected chi connectivity index (χ1v) is 7.23. The molecule has 3 rings (SSSR count). The Morgan fingerprint density at radius 1 is 1.43 bits per heavy atom. The molecule has 1 amide bonds. The van der Waals surface area contributed by atoms with Crippen LogP contribution in [-0.4, -0.2) is 16.1 Å². The molecule has 0 atom stereocenters. The van der Waals surface area contributed by atoms with Crippen LogP contribution >= 0.6 is 0 Å². The van der Waals surface area contributed by atoms with Gasteiger partial charge in [0, 0.05) is 23.6 Å². The highest BCUT2D eigenvalue weighted by molar-refractivity contribution is 5.90. The first-order valence-electron chi connectivity index (χ1n) is 7.23. The van der Waals surface area contributed by atoms with Crippen LogP contribution in [0, 0.1) is 12.7 Å². The Kier molecular flexibility index (Phi) is 3.73. The third kappa shape index (κ3) is 3.12. The number of nitrogens with zero attached hydrogens (tertiary/aromatic N) is 1. The van der Waals surface area contributed by atoms with Gasteiger partial charge in [0.25, 0.3) is 0 Å². The second-order valence-corrected chi connectivity index (χ2v) is 5.52. The number of H-pyrrole nitrogens is 1. The summed E-state index contributed by atoms with van der Waals surface area (Å²) < 4.78 is 13.5. The maximum absolute atomic E-state index is 13.5. The first-order chi connectivity index (χ1) is 10.1. The summed E-state index contributed by atoms with van der Waals surface area (Å²) in [5, 5.41) is 9.96. The van der Waals surface area contributed by atoms with Gasteiger partial charge in [-0.05, 0) is 37.8 Å². The summed E-state index contributed by atoms with van der Waals surface area (Å²) in [5.74, 6) is 0.754. The summed E-state index contributed by atoms with van der Waals surface area (Å²) in [7, 11) is 0. The number of hydrogen-bond acceptors (Lipinski definition) is 2. The second-order valence-electron chi connectivity index (χ2n) is 5.52. The summed E-state index contributed by atoms with van der Waals surface area (Å²) in [5.41, 5.74) is 2.70. The molecule has 1 aromatic carbocycles. The minimum atomic E-state index is -0.266. The summed E-state index contributed by atoms with van der Waals surface area (Å²) >= 11 is 0. The van der Waals surface area contributed by atoms with Crippen LogP contribution in [0.1, 0.15) is 42.0 Å². The van der Waals surface area contributed by atoms with E-state index in [1.807, 2.05) is 6.92 Å². The number of rotatable bonds is 5. The molecule has 21 heavy (non-hydrogen) atoms. The van der Waals surface area contributed by atoms with Crippen molar-refractivity contribution in [3.63, 3.8) is 0 Å². The number of benzene rings is 1. The summed E-state index contributed by atoms with van der Waals surface area (Å²) in [6.07, 6.45) is 3.00. The van der Waals surface area contributed by atoms with Crippen molar-refractivity contribution >= 4 is 11.7 Å². The van der Waals surface area contributed by atoms with E-state index in [0.29, 0.717) is 23.7 Å². The Morgan fingerprint density at radius 3 is 2.90 bits per heavy atom. The quantitative estimate of drug-likeness (QED) is 0.886. The highest BCUT2D eigenvalue weighted by Gasteiger charge is 2.28. The van der Waals surface area contributed by atoms with E-state index in [2.05, 4.69) is 15.5 Å². The highest BCUT2D eigenvalue weighted by atomic mass is 19.1. The summed E-state index contributed by atoms with van der Waals surface area (Å²) in [6.45, 7) is 1.96. The van der Waals surface area contributed by atoms with Gasteiger partial charge in [-0.15, -0.1) is 0 Å². The third-order valence-electron chi connectivity index (χ3n) is 3.87. The van der Waals surface area contributed by atoms with Crippen LogP contribution in [0.25, 0.3) is 0 Å². The zero-order valence-corrected chi connectivity index (χ0v) is 11.9. The fourth-order valence-electron chi connectivity index (χ4n) is 2.45. The molecule has 1 heterocycles. The lowest BCUT2D eigenvalue weighted by atomic mass is 10.1. The van der Waals surface area contributed by atoms with Gasteiger partial charge in [-0.3, -0.25) is 9.89 Å². The number of anilines is 1. The lowest BCUT2D eigenvalue weighted by Crippen LogP contribution is -2.13. The topological polar surface area (TPSA) is 57.8 Å². The van der Waals surface area contributed by atoms with Crippen LogP contribution in [0.3, 0.4) is 0 Å². The van der Waals surface area contributed by atoms with Gasteiger partial charge in [0.1, 0.15) is 5.82 Å². The second kappa shape index (κ2) is 5.68. The predicted octanol–water partition coefficient (Wildman–Crippen LogP) is 3.31. The molecule has 4 nitrogen and oxygen atoms in total. The fourth-order valence-corrected chi connectivity index (χ4v) is 2.45. The minimum absolute atomic E-state index is 0.143. The van der Waals surface area contributed by atoms with Crippen molar-refractivity contribution in [3.8, 4) is 0 Å². The number of nitrogens with one attached hydrogen (secondary N) is 2. The van der Waals surface area contributed by atoms with Crippen LogP contribution in [0.15, 0.2) is 24.3 Å². The van der Waals surface area contributed by atoms with Crippen molar-refractivity contribution in [1.82, 2.24) is 10.2 Å². The average molecular weight is 287 g/mol. The lowest BCUT2D eigenvalue weighted by molar-refractivity contribution is -0.116. The van der Waals surface area contributed by atoms with Gasteiger partial charge in [-0.2, -0.15) is 5.10 Å². The highest BCUT2D eigenvalue weighted by Crippen LogP contribution is 2.41.